The lowest BCUT2D eigenvalue weighted by molar-refractivity contribution is -0.116. The average Bonchev–Trinajstić information content (AvgIpc) is 2.57. The van der Waals surface area contributed by atoms with Gasteiger partial charge >= 0.3 is 0 Å². The Labute approximate surface area is 111 Å². The van der Waals surface area contributed by atoms with E-state index in [1.807, 2.05) is 6.92 Å². The van der Waals surface area contributed by atoms with Crippen molar-refractivity contribution >= 4 is 23.6 Å². The number of nitrogens with zero attached hydrogens (tertiary/aromatic N) is 2. The van der Waals surface area contributed by atoms with Crippen LogP contribution in [-0.2, 0) is 11.8 Å². The standard InChI is InChI=1S/C12H18ClN3O2/c1-9-10(12(13)16(2)15-9)5-6-11(18)14-7-3-4-8-17/h5-6,17H,3-4,7-8H2,1-2H3,(H,14,18)/b6-5+. The SMILES string of the molecule is Cc1nn(C)c(Cl)c1/C=C/C(=O)NCCCCO. The van der Waals surface area contributed by atoms with E-state index in [9.17, 15) is 4.79 Å². The van der Waals surface area contributed by atoms with Gasteiger partial charge in [-0.2, -0.15) is 5.10 Å². The molecule has 0 saturated heterocycles. The van der Waals surface area contributed by atoms with Crippen LogP contribution in [0, 0.1) is 6.92 Å². The monoisotopic (exact) mass is 271 g/mol. The number of carbonyl (C=O) groups excluding carboxylic acids is 1. The smallest absolute Gasteiger partial charge is 0.244 e. The summed E-state index contributed by atoms with van der Waals surface area (Å²) in [7, 11) is 1.75. The molecule has 1 aromatic rings. The Bertz CT molecular complexity index is 441. The first kappa shape index (κ1) is 14.7. The number of aliphatic hydroxyl groups is 1. The minimum atomic E-state index is -0.174. The molecule has 0 bridgehead atoms. The number of aryl methyl sites for hydroxylation is 2. The zero-order valence-corrected chi connectivity index (χ0v) is 11.4. The quantitative estimate of drug-likeness (QED) is 0.605. The summed E-state index contributed by atoms with van der Waals surface area (Å²) in [6, 6.07) is 0. The summed E-state index contributed by atoms with van der Waals surface area (Å²) >= 11 is 6.03. The number of carbonyl (C=O) groups is 1. The van der Waals surface area contributed by atoms with Gasteiger partial charge in [0, 0.05) is 31.8 Å². The van der Waals surface area contributed by atoms with E-state index in [0.29, 0.717) is 18.1 Å². The van der Waals surface area contributed by atoms with E-state index in [-0.39, 0.29) is 12.5 Å². The molecule has 0 atom stereocenters. The van der Waals surface area contributed by atoms with Gasteiger partial charge in [-0.3, -0.25) is 9.48 Å². The van der Waals surface area contributed by atoms with Gasteiger partial charge in [-0.15, -0.1) is 0 Å². The molecular formula is C12H18ClN3O2. The Balaban J connectivity index is 2.50. The molecule has 1 aromatic heterocycles. The van der Waals surface area contributed by atoms with Gasteiger partial charge in [0.05, 0.1) is 5.69 Å². The van der Waals surface area contributed by atoms with Crippen molar-refractivity contribution in [2.24, 2.45) is 7.05 Å². The maximum Gasteiger partial charge on any atom is 0.244 e. The van der Waals surface area contributed by atoms with Gasteiger partial charge in [-0.25, -0.2) is 0 Å². The van der Waals surface area contributed by atoms with Crippen LogP contribution in [0.3, 0.4) is 0 Å². The predicted octanol–water partition coefficient (Wildman–Crippen LogP) is 1.28. The van der Waals surface area contributed by atoms with Crippen molar-refractivity contribution in [1.82, 2.24) is 15.1 Å². The molecule has 6 heteroatoms. The van der Waals surface area contributed by atoms with Gasteiger partial charge in [0.25, 0.3) is 0 Å². The highest BCUT2D eigenvalue weighted by molar-refractivity contribution is 6.31. The molecule has 0 aliphatic rings. The number of unbranched alkanes of at least 4 members (excludes halogenated alkanes) is 1. The molecule has 0 radical (unpaired) electrons. The van der Waals surface area contributed by atoms with Crippen LogP contribution in [0.2, 0.25) is 5.15 Å². The minimum absolute atomic E-state index is 0.149. The van der Waals surface area contributed by atoms with Crippen molar-refractivity contribution in [2.75, 3.05) is 13.2 Å². The number of amides is 1. The van der Waals surface area contributed by atoms with Crippen LogP contribution in [0.4, 0.5) is 0 Å². The summed E-state index contributed by atoms with van der Waals surface area (Å²) in [6.45, 7) is 2.55. The second kappa shape index (κ2) is 7.18. The molecular weight excluding hydrogens is 254 g/mol. The van der Waals surface area contributed by atoms with Gasteiger partial charge in [-0.1, -0.05) is 11.6 Å². The third-order valence-corrected chi connectivity index (χ3v) is 2.93. The third kappa shape index (κ3) is 4.16. The largest absolute Gasteiger partial charge is 0.396 e. The van der Waals surface area contributed by atoms with Crippen LogP contribution in [0.1, 0.15) is 24.1 Å². The van der Waals surface area contributed by atoms with Crippen molar-refractivity contribution in [1.29, 1.82) is 0 Å². The summed E-state index contributed by atoms with van der Waals surface area (Å²) in [5.41, 5.74) is 1.54. The van der Waals surface area contributed by atoms with E-state index in [1.54, 1.807) is 17.8 Å². The molecule has 0 unspecified atom stereocenters. The third-order valence-electron chi connectivity index (χ3n) is 2.48. The second-order valence-corrected chi connectivity index (χ2v) is 4.33. The number of aliphatic hydroxyl groups excluding tert-OH is 1. The molecule has 0 spiro atoms. The molecule has 18 heavy (non-hydrogen) atoms. The molecule has 0 aromatic carbocycles. The first-order valence-electron chi connectivity index (χ1n) is 5.82. The van der Waals surface area contributed by atoms with E-state index in [0.717, 1.165) is 17.7 Å². The number of nitrogens with one attached hydrogen (secondary N) is 1. The zero-order valence-electron chi connectivity index (χ0n) is 10.6. The first-order valence-corrected chi connectivity index (χ1v) is 6.20. The average molecular weight is 272 g/mol. The van der Waals surface area contributed by atoms with Gasteiger partial charge in [0.1, 0.15) is 5.15 Å². The molecule has 0 aliphatic heterocycles. The molecule has 0 aliphatic carbocycles. The van der Waals surface area contributed by atoms with E-state index in [1.165, 1.54) is 6.08 Å². The normalized spacial score (nSPS) is 11.1. The number of rotatable bonds is 6. The Morgan fingerprint density at radius 2 is 2.28 bits per heavy atom. The zero-order chi connectivity index (χ0) is 13.5. The maximum absolute atomic E-state index is 11.5. The van der Waals surface area contributed by atoms with Crippen molar-refractivity contribution in [3.05, 3.63) is 22.5 Å². The fourth-order valence-electron chi connectivity index (χ4n) is 1.50. The number of aromatic nitrogens is 2. The molecule has 0 fully saturated rings. The van der Waals surface area contributed by atoms with Crippen LogP contribution in [0.25, 0.3) is 6.08 Å². The molecule has 1 heterocycles. The summed E-state index contributed by atoms with van der Waals surface area (Å²) in [6.07, 6.45) is 4.56. The Hall–Kier alpha value is -1.33. The lowest BCUT2D eigenvalue weighted by Crippen LogP contribution is -2.22. The number of halogens is 1. The molecule has 100 valence electrons. The Kier molecular flexibility index (Phi) is 5.88. The fourth-order valence-corrected chi connectivity index (χ4v) is 1.74. The Morgan fingerprint density at radius 1 is 1.56 bits per heavy atom. The van der Waals surface area contributed by atoms with Crippen molar-refractivity contribution in [3.63, 3.8) is 0 Å². The predicted molar refractivity (Wildman–Crippen MR) is 71.3 cm³/mol. The van der Waals surface area contributed by atoms with Crippen LogP contribution in [0.5, 0.6) is 0 Å². The Morgan fingerprint density at radius 3 is 2.83 bits per heavy atom. The molecule has 1 rings (SSSR count). The van der Waals surface area contributed by atoms with Gasteiger partial charge in [0.15, 0.2) is 0 Å². The lowest BCUT2D eigenvalue weighted by atomic mass is 10.2. The van der Waals surface area contributed by atoms with E-state index < -0.39 is 0 Å². The van der Waals surface area contributed by atoms with Crippen LogP contribution < -0.4 is 5.32 Å². The second-order valence-electron chi connectivity index (χ2n) is 3.97. The molecule has 5 nitrogen and oxygen atoms in total. The van der Waals surface area contributed by atoms with E-state index in [2.05, 4.69) is 10.4 Å². The highest BCUT2D eigenvalue weighted by Crippen LogP contribution is 2.19. The van der Waals surface area contributed by atoms with Crippen LogP contribution >= 0.6 is 11.6 Å². The van der Waals surface area contributed by atoms with Crippen molar-refractivity contribution in [3.8, 4) is 0 Å². The van der Waals surface area contributed by atoms with Crippen LogP contribution in [-0.4, -0.2) is 33.9 Å². The van der Waals surface area contributed by atoms with Gasteiger partial charge in [-0.05, 0) is 25.8 Å². The van der Waals surface area contributed by atoms with Gasteiger partial charge in [0.2, 0.25) is 5.91 Å². The number of hydrogen-bond donors (Lipinski definition) is 2. The van der Waals surface area contributed by atoms with E-state index >= 15 is 0 Å². The summed E-state index contributed by atoms with van der Waals surface area (Å²) in [5.74, 6) is -0.174. The maximum atomic E-state index is 11.5. The lowest BCUT2D eigenvalue weighted by Gasteiger charge is -2.00. The van der Waals surface area contributed by atoms with E-state index in [4.69, 9.17) is 16.7 Å². The summed E-state index contributed by atoms with van der Waals surface area (Å²) < 4.78 is 1.57. The van der Waals surface area contributed by atoms with Crippen LogP contribution in [0.15, 0.2) is 6.08 Å². The molecule has 2 N–H and O–H groups in total. The topological polar surface area (TPSA) is 67.2 Å². The highest BCUT2D eigenvalue weighted by Gasteiger charge is 2.08. The summed E-state index contributed by atoms with van der Waals surface area (Å²) in [4.78, 5) is 11.5. The minimum Gasteiger partial charge on any atom is -0.396 e. The number of hydrogen-bond acceptors (Lipinski definition) is 3. The molecule has 0 saturated carbocycles. The summed E-state index contributed by atoms with van der Waals surface area (Å²) in [5, 5.41) is 16.0. The van der Waals surface area contributed by atoms with Gasteiger partial charge < -0.3 is 10.4 Å². The fraction of sp³-hybridized carbons (Fsp3) is 0.500. The molecule has 1 amide bonds. The van der Waals surface area contributed by atoms with Crippen molar-refractivity contribution < 1.29 is 9.90 Å². The highest BCUT2D eigenvalue weighted by atomic mass is 35.5. The first-order chi connectivity index (χ1) is 8.56. The van der Waals surface area contributed by atoms with Crippen molar-refractivity contribution in [2.45, 2.75) is 19.8 Å².